The molecule has 2 atom stereocenters. The van der Waals surface area contributed by atoms with Gasteiger partial charge in [-0.1, -0.05) is 42.0 Å². The summed E-state index contributed by atoms with van der Waals surface area (Å²) < 4.78 is 44.2. The van der Waals surface area contributed by atoms with E-state index < -0.39 is 33.8 Å². The van der Waals surface area contributed by atoms with E-state index in [4.69, 9.17) is 9.88 Å². The number of anilines is 2. The van der Waals surface area contributed by atoms with Gasteiger partial charge in [-0.2, -0.15) is 0 Å². The normalized spacial score (nSPS) is 17.5. The molecule has 0 saturated carbocycles. The number of amides is 3. The topological polar surface area (TPSA) is 131 Å². The molecule has 194 valence electrons. The van der Waals surface area contributed by atoms with Crippen molar-refractivity contribution in [1.82, 2.24) is 4.90 Å². The number of urea groups is 1. The summed E-state index contributed by atoms with van der Waals surface area (Å²) in [6.07, 6.45) is -0.119. The van der Waals surface area contributed by atoms with Gasteiger partial charge in [0.05, 0.1) is 16.7 Å². The molecule has 0 spiro atoms. The number of nitrogens with two attached hydrogens (primary N) is 1. The maximum atomic E-state index is 15.0. The van der Waals surface area contributed by atoms with Crippen molar-refractivity contribution in [3.63, 3.8) is 0 Å². The van der Waals surface area contributed by atoms with Crippen LogP contribution in [0.25, 0.3) is 11.1 Å². The number of hydrogen-bond acceptors (Lipinski definition) is 5. The van der Waals surface area contributed by atoms with Crippen LogP contribution < -0.4 is 15.8 Å². The third kappa shape index (κ3) is 5.96. The van der Waals surface area contributed by atoms with Crippen LogP contribution in [-0.2, 0) is 19.6 Å². The van der Waals surface area contributed by atoms with Crippen LogP contribution in [0.2, 0.25) is 0 Å². The van der Waals surface area contributed by atoms with Gasteiger partial charge in [-0.25, -0.2) is 22.7 Å². The van der Waals surface area contributed by atoms with Gasteiger partial charge >= 0.3 is 6.03 Å². The molecule has 3 amide bonds. The molecule has 37 heavy (non-hydrogen) atoms. The van der Waals surface area contributed by atoms with Crippen molar-refractivity contribution < 1.29 is 27.1 Å². The van der Waals surface area contributed by atoms with Crippen molar-refractivity contribution in [2.24, 2.45) is 5.14 Å². The standard InChI is InChI=1S/C26H27FN4O5S/c1-16-7-10-18(11-8-16)29-26(33)31-15-19(36-2)14-23(31)25(32)30-22-12-9-17(13-21(22)27)20-5-3-4-6-24(20)37(28,34)35/h3-13,19,23H,14-15H2,1-2H3,(H,29,33)(H,30,32)(H2,28,34,35)/t19-,23-/m1/s1. The second-order valence-electron chi connectivity index (χ2n) is 8.78. The predicted octanol–water partition coefficient (Wildman–Crippen LogP) is 3.71. The van der Waals surface area contributed by atoms with Gasteiger partial charge < -0.3 is 20.3 Å². The first-order chi connectivity index (χ1) is 17.6. The van der Waals surface area contributed by atoms with E-state index in [0.717, 1.165) is 11.6 Å². The number of rotatable bonds is 6. The van der Waals surface area contributed by atoms with Gasteiger partial charge in [0.1, 0.15) is 11.9 Å². The largest absolute Gasteiger partial charge is 0.380 e. The minimum atomic E-state index is -4.03. The number of halogens is 1. The van der Waals surface area contributed by atoms with Crippen LogP contribution >= 0.6 is 0 Å². The Labute approximate surface area is 214 Å². The van der Waals surface area contributed by atoms with Crippen LogP contribution in [0.15, 0.2) is 71.6 Å². The summed E-state index contributed by atoms with van der Waals surface area (Å²) in [5.74, 6) is -1.35. The second-order valence-corrected chi connectivity index (χ2v) is 10.3. The van der Waals surface area contributed by atoms with Crippen molar-refractivity contribution >= 4 is 33.3 Å². The van der Waals surface area contributed by atoms with Crippen molar-refractivity contribution in [3.05, 3.63) is 78.1 Å². The summed E-state index contributed by atoms with van der Waals surface area (Å²) in [5.41, 5.74) is 2.02. The van der Waals surface area contributed by atoms with Crippen LogP contribution in [0, 0.1) is 12.7 Å². The van der Waals surface area contributed by atoms with E-state index in [9.17, 15) is 18.0 Å². The Hall–Kier alpha value is -3.80. The van der Waals surface area contributed by atoms with Crippen molar-refractivity contribution in [1.29, 1.82) is 0 Å². The molecule has 3 aromatic carbocycles. The highest BCUT2D eigenvalue weighted by Crippen LogP contribution is 2.30. The zero-order valence-corrected chi connectivity index (χ0v) is 21.1. The maximum absolute atomic E-state index is 15.0. The van der Waals surface area contributed by atoms with Crippen molar-refractivity contribution in [2.45, 2.75) is 30.4 Å². The van der Waals surface area contributed by atoms with E-state index >= 15 is 4.39 Å². The molecule has 9 nitrogen and oxygen atoms in total. The Kier molecular flexibility index (Phi) is 7.58. The Morgan fingerprint density at radius 3 is 2.41 bits per heavy atom. The number of hydrogen-bond donors (Lipinski definition) is 3. The molecular formula is C26H27FN4O5S. The molecular weight excluding hydrogens is 499 g/mol. The van der Waals surface area contributed by atoms with E-state index in [1.807, 2.05) is 19.1 Å². The van der Waals surface area contributed by atoms with Crippen LogP contribution in [0.1, 0.15) is 12.0 Å². The van der Waals surface area contributed by atoms with Gasteiger partial charge in [0.15, 0.2) is 0 Å². The lowest BCUT2D eigenvalue weighted by atomic mass is 10.0. The van der Waals surface area contributed by atoms with Crippen LogP contribution in [-0.4, -0.2) is 51.1 Å². The molecule has 1 saturated heterocycles. The first-order valence-electron chi connectivity index (χ1n) is 11.5. The minimum Gasteiger partial charge on any atom is -0.380 e. The number of nitrogens with zero attached hydrogens (tertiary/aromatic N) is 1. The molecule has 0 aromatic heterocycles. The third-order valence-corrected chi connectivity index (χ3v) is 7.16. The minimum absolute atomic E-state index is 0.110. The fraction of sp³-hybridized carbons (Fsp3) is 0.231. The molecule has 1 aliphatic rings. The number of nitrogens with one attached hydrogen (secondary N) is 2. The molecule has 4 N–H and O–H groups in total. The van der Waals surface area contributed by atoms with Crippen molar-refractivity contribution in [3.8, 4) is 11.1 Å². The van der Waals surface area contributed by atoms with Gasteiger partial charge in [0.2, 0.25) is 15.9 Å². The SMILES string of the molecule is CO[C@@H]1C[C@H](C(=O)Nc2ccc(-c3ccccc3S(N)(=O)=O)cc2F)N(C(=O)Nc2ccc(C)cc2)C1. The smallest absolute Gasteiger partial charge is 0.322 e. The molecule has 3 aromatic rings. The first-order valence-corrected chi connectivity index (χ1v) is 13.0. The van der Waals surface area contributed by atoms with E-state index in [0.29, 0.717) is 5.69 Å². The summed E-state index contributed by atoms with van der Waals surface area (Å²) in [6, 6.07) is 15.8. The van der Waals surface area contributed by atoms with Crippen LogP contribution in [0.4, 0.5) is 20.6 Å². The number of benzene rings is 3. The fourth-order valence-corrected chi connectivity index (χ4v) is 4.99. The van der Waals surface area contributed by atoms with Gasteiger partial charge in [0.25, 0.3) is 0 Å². The molecule has 11 heteroatoms. The number of likely N-dealkylation sites (tertiary alicyclic amines) is 1. The summed E-state index contributed by atoms with van der Waals surface area (Å²) in [4.78, 5) is 27.3. The molecule has 4 rings (SSSR count). The highest BCUT2D eigenvalue weighted by molar-refractivity contribution is 7.89. The number of methoxy groups -OCH3 is 1. The molecule has 1 heterocycles. The Balaban J connectivity index is 1.53. The molecule has 1 aliphatic heterocycles. The number of carbonyl (C=O) groups excluding carboxylic acids is 2. The predicted molar refractivity (Wildman–Crippen MR) is 138 cm³/mol. The fourth-order valence-electron chi connectivity index (χ4n) is 4.23. The van der Waals surface area contributed by atoms with E-state index in [1.54, 1.807) is 18.2 Å². The van der Waals surface area contributed by atoms with E-state index in [1.165, 1.54) is 42.3 Å². The second kappa shape index (κ2) is 10.7. The number of aryl methyl sites for hydroxylation is 1. The molecule has 0 bridgehead atoms. The number of sulfonamides is 1. The number of carbonyl (C=O) groups is 2. The Morgan fingerprint density at radius 2 is 1.76 bits per heavy atom. The molecule has 0 aliphatic carbocycles. The molecule has 0 unspecified atom stereocenters. The lowest BCUT2D eigenvalue weighted by molar-refractivity contribution is -0.119. The average Bonchev–Trinajstić information content (AvgIpc) is 3.31. The summed E-state index contributed by atoms with van der Waals surface area (Å²) in [7, 11) is -2.53. The van der Waals surface area contributed by atoms with Gasteiger partial charge in [-0.15, -0.1) is 0 Å². The highest BCUT2D eigenvalue weighted by Gasteiger charge is 2.40. The van der Waals surface area contributed by atoms with Crippen LogP contribution in [0.5, 0.6) is 0 Å². The zero-order valence-electron chi connectivity index (χ0n) is 20.3. The molecule has 0 radical (unpaired) electrons. The quantitative estimate of drug-likeness (QED) is 0.451. The lowest BCUT2D eigenvalue weighted by Gasteiger charge is -2.24. The number of primary sulfonamides is 1. The van der Waals surface area contributed by atoms with Crippen molar-refractivity contribution in [2.75, 3.05) is 24.3 Å². The monoisotopic (exact) mass is 526 g/mol. The van der Waals surface area contributed by atoms with Gasteiger partial charge in [-0.05, 0) is 42.8 Å². The first kappa shape index (κ1) is 26.3. The Bertz CT molecular complexity index is 1430. The summed E-state index contributed by atoms with van der Waals surface area (Å²) in [6.45, 7) is 2.12. The molecule has 1 fully saturated rings. The van der Waals surface area contributed by atoms with E-state index in [-0.39, 0.29) is 40.8 Å². The summed E-state index contributed by atoms with van der Waals surface area (Å²) >= 11 is 0. The lowest BCUT2D eigenvalue weighted by Crippen LogP contribution is -2.45. The third-order valence-electron chi connectivity index (χ3n) is 6.19. The van der Waals surface area contributed by atoms with Gasteiger partial charge in [-0.3, -0.25) is 4.79 Å². The summed E-state index contributed by atoms with van der Waals surface area (Å²) in [5, 5.41) is 10.6. The zero-order chi connectivity index (χ0) is 26.7. The number of ether oxygens (including phenoxy) is 1. The highest BCUT2D eigenvalue weighted by atomic mass is 32.2. The van der Waals surface area contributed by atoms with Gasteiger partial charge in [0, 0.05) is 31.3 Å². The maximum Gasteiger partial charge on any atom is 0.322 e. The average molecular weight is 527 g/mol. The van der Waals surface area contributed by atoms with E-state index in [2.05, 4.69) is 10.6 Å². The van der Waals surface area contributed by atoms with Crippen LogP contribution in [0.3, 0.4) is 0 Å². The Morgan fingerprint density at radius 1 is 1.05 bits per heavy atom.